The first-order chi connectivity index (χ1) is 12.3. The number of nitrogens with one attached hydrogen (secondary N) is 2. The number of carbonyl (C=O) groups is 1. The number of piperidine rings is 1. The first-order valence-electron chi connectivity index (χ1n) is 9.34. The molecule has 2 aliphatic rings. The van der Waals surface area contributed by atoms with Crippen LogP contribution in [0.4, 0.5) is 0 Å². The lowest BCUT2D eigenvalue weighted by atomic mass is 10.0. The molecule has 0 spiro atoms. The summed E-state index contributed by atoms with van der Waals surface area (Å²) in [6, 6.07) is 7.93. The third-order valence-corrected chi connectivity index (χ3v) is 4.77. The van der Waals surface area contributed by atoms with Gasteiger partial charge in [0.25, 0.3) is 0 Å². The van der Waals surface area contributed by atoms with Crippen LogP contribution in [0.25, 0.3) is 0 Å². The Morgan fingerprint density at radius 3 is 3.00 bits per heavy atom. The number of ether oxygens (including phenoxy) is 2. The van der Waals surface area contributed by atoms with Gasteiger partial charge in [-0.3, -0.25) is 9.69 Å². The molecule has 3 rings (SSSR count). The minimum atomic E-state index is -0.0401. The Kier molecular flexibility index (Phi) is 7.09. The van der Waals surface area contributed by atoms with Gasteiger partial charge < -0.3 is 20.1 Å². The summed E-state index contributed by atoms with van der Waals surface area (Å²) in [4.78, 5) is 14.5. The van der Waals surface area contributed by atoms with E-state index in [9.17, 15) is 4.79 Å². The molecule has 1 aromatic carbocycles. The quantitative estimate of drug-likeness (QED) is 0.775. The zero-order valence-corrected chi connectivity index (χ0v) is 14.8. The lowest BCUT2D eigenvalue weighted by Gasteiger charge is -2.26. The van der Waals surface area contributed by atoms with Gasteiger partial charge in [-0.15, -0.1) is 0 Å². The second-order valence-electron chi connectivity index (χ2n) is 6.67. The van der Waals surface area contributed by atoms with Gasteiger partial charge in [-0.2, -0.15) is 0 Å². The predicted octanol–water partition coefficient (Wildman–Crippen LogP) is 1.16. The molecule has 0 aliphatic carbocycles. The largest absolute Gasteiger partial charge is 0.492 e. The molecule has 2 fully saturated rings. The molecule has 2 aliphatic heterocycles. The van der Waals surface area contributed by atoms with E-state index < -0.39 is 0 Å². The van der Waals surface area contributed by atoms with Crippen molar-refractivity contribution in [3.05, 3.63) is 29.8 Å². The average molecular weight is 347 g/mol. The van der Waals surface area contributed by atoms with Gasteiger partial charge in [-0.05, 0) is 37.1 Å². The fourth-order valence-electron chi connectivity index (χ4n) is 3.25. The molecule has 25 heavy (non-hydrogen) atoms. The van der Waals surface area contributed by atoms with Crippen molar-refractivity contribution in [3.63, 3.8) is 0 Å². The Balaban J connectivity index is 1.40. The van der Waals surface area contributed by atoms with E-state index in [2.05, 4.69) is 15.5 Å². The summed E-state index contributed by atoms with van der Waals surface area (Å²) in [6.07, 6.45) is 3.21. The Labute approximate surface area is 149 Å². The van der Waals surface area contributed by atoms with Crippen molar-refractivity contribution < 1.29 is 14.3 Å². The fraction of sp³-hybridized carbons (Fsp3) is 0.632. The average Bonchev–Trinajstić information content (AvgIpc) is 2.68. The first-order valence-corrected chi connectivity index (χ1v) is 9.34. The van der Waals surface area contributed by atoms with E-state index in [4.69, 9.17) is 9.47 Å². The van der Waals surface area contributed by atoms with Crippen LogP contribution in [0.2, 0.25) is 0 Å². The predicted molar refractivity (Wildman–Crippen MR) is 96.7 cm³/mol. The summed E-state index contributed by atoms with van der Waals surface area (Å²) in [6.45, 7) is 6.63. The Bertz CT molecular complexity index is 540. The van der Waals surface area contributed by atoms with E-state index in [0.29, 0.717) is 13.2 Å². The third kappa shape index (κ3) is 5.99. The van der Waals surface area contributed by atoms with E-state index in [1.165, 1.54) is 0 Å². The number of carbonyl (C=O) groups excluding carboxylic acids is 1. The smallest absolute Gasteiger partial charge is 0.237 e. The van der Waals surface area contributed by atoms with Crippen LogP contribution in [0.1, 0.15) is 24.8 Å². The van der Waals surface area contributed by atoms with Crippen LogP contribution in [0.5, 0.6) is 5.75 Å². The van der Waals surface area contributed by atoms with E-state index >= 15 is 0 Å². The highest BCUT2D eigenvalue weighted by Gasteiger charge is 2.19. The zero-order chi connectivity index (χ0) is 17.3. The Hall–Kier alpha value is -1.63. The molecular weight excluding hydrogens is 318 g/mol. The highest BCUT2D eigenvalue weighted by atomic mass is 16.5. The summed E-state index contributed by atoms with van der Waals surface area (Å²) in [5.74, 6) is 0.953. The van der Waals surface area contributed by atoms with Crippen LogP contribution >= 0.6 is 0 Å². The number of benzene rings is 1. The maximum absolute atomic E-state index is 12.2. The molecule has 2 saturated heterocycles. The van der Waals surface area contributed by atoms with Gasteiger partial charge in [0, 0.05) is 26.2 Å². The van der Waals surface area contributed by atoms with Crippen LogP contribution < -0.4 is 15.4 Å². The van der Waals surface area contributed by atoms with Crippen molar-refractivity contribution in [3.8, 4) is 5.75 Å². The highest BCUT2D eigenvalue weighted by Crippen LogP contribution is 2.14. The topological polar surface area (TPSA) is 62.8 Å². The molecule has 1 aromatic rings. The van der Waals surface area contributed by atoms with Gasteiger partial charge in [0.1, 0.15) is 12.4 Å². The van der Waals surface area contributed by atoms with Crippen molar-refractivity contribution in [2.75, 3.05) is 46.0 Å². The molecule has 0 aromatic heterocycles. The van der Waals surface area contributed by atoms with E-state index in [1.54, 1.807) is 0 Å². The van der Waals surface area contributed by atoms with Crippen LogP contribution in [-0.4, -0.2) is 62.8 Å². The molecule has 1 amide bonds. The van der Waals surface area contributed by atoms with Gasteiger partial charge in [0.2, 0.25) is 5.91 Å². The maximum atomic E-state index is 12.2. The van der Waals surface area contributed by atoms with Crippen LogP contribution in [0, 0.1) is 0 Å². The van der Waals surface area contributed by atoms with Gasteiger partial charge in [-0.1, -0.05) is 18.6 Å². The van der Waals surface area contributed by atoms with Crippen molar-refractivity contribution in [2.24, 2.45) is 0 Å². The summed E-state index contributed by atoms with van der Waals surface area (Å²) >= 11 is 0. The van der Waals surface area contributed by atoms with Crippen LogP contribution in [0.3, 0.4) is 0 Å². The number of morpholine rings is 1. The molecule has 0 radical (unpaired) electrons. The lowest BCUT2D eigenvalue weighted by molar-refractivity contribution is -0.123. The normalized spacial score (nSPS) is 21.7. The van der Waals surface area contributed by atoms with E-state index in [-0.39, 0.29) is 11.9 Å². The molecule has 1 atom stereocenters. The number of rotatable bonds is 7. The minimum absolute atomic E-state index is 0.0401. The SMILES string of the molecule is O=C(NCc1cccc(OCCN2CCOCC2)c1)[C@H]1CCCCN1. The summed E-state index contributed by atoms with van der Waals surface area (Å²) in [5, 5.41) is 6.30. The maximum Gasteiger partial charge on any atom is 0.237 e. The van der Waals surface area contributed by atoms with Crippen molar-refractivity contribution >= 4 is 5.91 Å². The summed E-state index contributed by atoms with van der Waals surface area (Å²) < 4.78 is 11.2. The monoisotopic (exact) mass is 347 g/mol. The van der Waals surface area contributed by atoms with Gasteiger partial charge in [0.05, 0.1) is 19.3 Å². The van der Waals surface area contributed by atoms with Crippen molar-refractivity contribution in [2.45, 2.75) is 31.8 Å². The minimum Gasteiger partial charge on any atom is -0.492 e. The van der Waals surface area contributed by atoms with Crippen LogP contribution in [0.15, 0.2) is 24.3 Å². The zero-order valence-electron chi connectivity index (χ0n) is 14.8. The molecule has 0 saturated carbocycles. The second-order valence-corrected chi connectivity index (χ2v) is 6.67. The number of amides is 1. The number of nitrogens with zero attached hydrogens (tertiary/aromatic N) is 1. The second kappa shape index (κ2) is 9.75. The highest BCUT2D eigenvalue weighted by molar-refractivity contribution is 5.81. The summed E-state index contributed by atoms with van der Waals surface area (Å²) in [5.41, 5.74) is 1.06. The van der Waals surface area contributed by atoms with E-state index in [0.717, 1.165) is 70.0 Å². The molecule has 2 heterocycles. The van der Waals surface area contributed by atoms with E-state index in [1.807, 2.05) is 24.3 Å². The Morgan fingerprint density at radius 1 is 1.32 bits per heavy atom. The van der Waals surface area contributed by atoms with Gasteiger partial charge >= 0.3 is 0 Å². The summed E-state index contributed by atoms with van der Waals surface area (Å²) in [7, 11) is 0. The molecule has 2 N–H and O–H groups in total. The van der Waals surface area contributed by atoms with Gasteiger partial charge in [0.15, 0.2) is 0 Å². The molecule has 0 bridgehead atoms. The molecule has 6 nitrogen and oxygen atoms in total. The molecular formula is C19H29N3O3. The van der Waals surface area contributed by atoms with Crippen molar-refractivity contribution in [1.82, 2.24) is 15.5 Å². The molecule has 0 unspecified atom stereocenters. The Morgan fingerprint density at radius 2 is 2.20 bits per heavy atom. The fourth-order valence-corrected chi connectivity index (χ4v) is 3.25. The third-order valence-electron chi connectivity index (χ3n) is 4.77. The van der Waals surface area contributed by atoms with Crippen LogP contribution in [-0.2, 0) is 16.1 Å². The first kappa shape index (κ1) is 18.2. The van der Waals surface area contributed by atoms with Gasteiger partial charge in [-0.25, -0.2) is 0 Å². The number of hydrogen-bond acceptors (Lipinski definition) is 5. The number of hydrogen-bond donors (Lipinski definition) is 2. The van der Waals surface area contributed by atoms with Crippen molar-refractivity contribution in [1.29, 1.82) is 0 Å². The lowest BCUT2D eigenvalue weighted by Crippen LogP contribution is -2.46. The molecule has 138 valence electrons. The standard InChI is InChI=1S/C19H29N3O3/c23-19(18-6-1-2-7-20-18)21-15-16-4-3-5-17(14-16)25-13-10-22-8-11-24-12-9-22/h3-5,14,18,20H,1-2,6-13,15H2,(H,21,23)/t18-/m1/s1. The molecule has 6 heteroatoms.